The Morgan fingerprint density at radius 3 is 2.89 bits per heavy atom. The van der Waals surface area contributed by atoms with Crippen LogP contribution in [0.4, 0.5) is 0 Å². The van der Waals surface area contributed by atoms with Gasteiger partial charge < -0.3 is 0 Å². The first-order valence-electron chi connectivity index (χ1n) is 7.45. The van der Waals surface area contributed by atoms with E-state index in [0.29, 0.717) is 0 Å². The molecule has 2 aliphatic rings. The summed E-state index contributed by atoms with van der Waals surface area (Å²) in [7, 11) is 0. The standard InChI is InChI=1S/C16H27NS/c1-4-13(3)16-12-17(11-14(16)5-2)18-15-9-7-6-8-10-15/h4,7,9,14-16H,5-6,8,10-12H2,1-3H3/b13-4+/t14-,15?,16?/m0/s1. The van der Waals surface area contributed by atoms with Crippen LogP contribution in [0.5, 0.6) is 0 Å². The average Bonchev–Trinajstić information content (AvgIpc) is 2.82. The predicted molar refractivity (Wildman–Crippen MR) is 82.6 cm³/mol. The molecule has 0 amide bonds. The van der Waals surface area contributed by atoms with Gasteiger partial charge >= 0.3 is 0 Å². The van der Waals surface area contributed by atoms with Gasteiger partial charge in [0.25, 0.3) is 0 Å². The zero-order valence-corrected chi connectivity index (χ0v) is 12.9. The molecular weight excluding hydrogens is 238 g/mol. The van der Waals surface area contributed by atoms with E-state index in [1.165, 1.54) is 38.8 Å². The van der Waals surface area contributed by atoms with Crippen LogP contribution in [0.1, 0.15) is 46.5 Å². The lowest BCUT2D eigenvalue weighted by atomic mass is 9.88. The Hall–Kier alpha value is -0.210. The van der Waals surface area contributed by atoms with Crippen molar-refractivity contribution >= 4 is 11.9 Å². The van der Waals surface area contributed by atoms with Crippen LogP contribution in [0.3, 0.4) is 0 Å². The van der Waals surface area contributed by atoms with Crippen molar-refractivity contribution in [2.24, 2.45) is 11.8 Å². The number of nitrogens with zero attached hydrogens (tertiary/aromatic N) is 1. The van der Waals surface area contributed by atoms with Gasteiger partial charge in [-0.25, -0.2) is 4.31 Å². The summed E-state index contributed by atoms with van der Waals surface area (Å²) in [5, 5.41) is 0.737. The van der Waals surface area contributed by atoms with E-state index in [1.54, 1.807) is 5.57 Å². The fourth-order valence-electron chi connectivity index (χ4n) is 3.12. The van der Waals surface area contributed by atoms with Crippen LogP contribution >= 0.6 is 11.9 Å². The van der Waals surface area contributed by atoms with Gasteiger partial charge in [0, 0.05) is 18.3 Å². The summed E-state index contributed by atoms with van der Waals surface area (Å²) >= 11 is 2.10. The molecule has 1 aliphatic heterocycles. The molecule has 2 heteroatoms. The van der Waals surface area contributed by atoms with Crippen molar-refractivity contribution in [3.63, 3.8) is 0 Å². The van der Waals surface area contributed by atoms with Crippen molar-refractivity contribution < 1.29 is 0 Å². The quantitative estimate of drug-likeness (QED) is 0.537. The summed E-state index contributed by atoms with van der Waals surface area (Å²) in [5.74, 6) is 1.65. The number of hydrogen-bond acceptors (Lipinski definition) is 2. The van der Waals surface area contributed by atoms with Crippen LogP contribution in [0.2, 0.25) is 0 Å². The molecule has 3 atom stereocenters. The van der Waals surface area contributed by atoms with Gasteiger partial charge in [-0.2, -0.15) is 0 Å². The Balaban J connectivity index is 1.92. The maximum absolute atomic E-state index is 2.63. The maximum Gasteiger partial charge on any atom is 0.0374 e. The normalized spacial score (nSPS) is 34.2. The van der Waals surface area contributed by atoms with Gasteiger partial charge in [-0.15, -0.1) is 0 Å². The van der Waals surface area contributed by atoms with Crippen LogP contribution in [0.25, 0.3) is 0 Å². The van der Waals surface area contributed by atoms with Crippen LogP contribution < -0.4 is 0 Å². The zero-order valence-electron chi connectivity index (χ0n) is 12.1. The summed E-state index contributed by atoms with van der Waals surface area (Å²) in [4.78, 5) is 0. The Morgan fingerprint density at radius 2 is 2.28 bits per heavy atom. The predicted octanol–water partition coefficient (Wildman–Crippen LogP) is 4.67. The lowest BCUT2D eigenvalue weighted by Gasteiger charge is -2.22. The van der Waals surface area contributed by atoms with E-state index in [0.717, 1.165) is 17.1 Å². The van der Waals surface area contributed by atoms with Gasteiger partial charge in [-0.3, -0.25) is 0 Å². The molecule has 1 nitrogen and oxygen atoms in total. The Bertz CT molecular complexity index is 321. The maximum atomic E-state index is 2.63. The van der Waals surface area contributed by atoms with Crippen molar-refractivity contribution in [3.05, 3.63) is 23.8 Å². The van der Waals surface area contributed by atoms with Crippen LogP contribution in [0.15, 0.2) is 23.8 Å². The second kappa shape index (κ2) is 6.81. The first kappa shape index (κ1) is 14.2. The van der Waals surface area contributed by atoms with Crippen LogP contribution in [0, 0.1) is 11.8 Å². The molecule has 0 saturated carbocycles. The highest BCUT2D eigenvalue weighted by Crippen LogP contribution is 2.37. The van der Waals surface area contributed by atoms with Gasteiger partial charge in [-0.05, 0) is 44.9 Å². The third kappa shape index (κ3) is 3.42. The zero-order chi connectivity index (χ0) is 13.0. The average molecular weight is 265 g/mol. The van der Waals surface area contributed by atoms with Gasteiger partial charge in [0.2, 0.25) is 0 Å². The van der Waals surface area contributed by atoms with E-state index < -0.39 is 0 Å². The van der Waals surface area contributed by atoms with Crippen molar-refractivity contribution in [2.75, 3.05) is 13.1 Å². The minimum atomic E-state index is 0.737. The largest absolute Gasteiger partial charge is 0.249 e. The SMILES string of the molecule is C/C=C(\C)C1CN(SC2C=CCCC2)C[C@@H]1CC. The van der Waals surface area contributed by atoms with Crippen molar-refractivity contribution in [1.29, 1.82) is 0 Å². The monoisotopic (exact) mass is 265 g/mol. The van der Waals surface area contributed by atoms with Crippen molar-refractivity contribution in [2.45, 2.75) is 51.7 Å². The Kier molecular flexibility index (Phi) is 5.38. The van der Waals surface area contributed by atoms with E-state index >= 15 is 0 Å². The smallest absolute Gasteiger partial charge is 0.0374 e. The van der Waals surface area contributed by atoms with Crippen molar-refractivity contribution in [3.8, 4) is 0 Å². The molecule has 0 aromatic carbocycles. The topological polar surface area (TPSA) is 3.24 Å². The minimum Gasteiger partial charge on any atom is -0.249 e. The molecule has 1 fully saturated rings. The highest BCUT2D eigenvalue weighted by Gasteiger charge is 2.33. The molecule has 18 heavy (non-hydrogen) atoms. The molecule has 1 aliphatic carbocycles. The summed E-state index contributed by atoms with van der Waals surface area (Å²) < 4.78 is 2.63. The molecule has 2 unspecified atom stereocenters. The molecule has 0 aromatic rings. The third-order valence-corrected chi connectivity index (χ3v) is 5.73. The fourth-order valence-corrected chi connectivity index (χ4v) is 4.48. The van der Waals surface area contributed by atoms with Gasteiger partial charge in [0.1, 0.15) is 0 Å². The summed E-state index contributed by atoms with van der Waals surface area (Å²) in [6.45, 7) is 9.37. The number of allylic oxidation sites excluding steroid dienone is 2. The molecule has 2 rings (SSSR count). The van der Waals surface area contributed by atoms with Crippen LogP contribution in [-0.2, 0) is 0 Å². The molecule has 1 heterocycles. The molecule has 0 radical (unpaired) electrons. The van der Waals surface area contributed by atoms with Crippen LogP contribution in [-0.4, -0.2) is 22.6 Å². The first-order valence-corrected chi connectivity index (χ1v) is 8.29. The minimum absolute atomic E-state index is 0.737. The molecule has 0 aromatic heterocycles. The lowest BCUT2D eigenvalue weighted by molar-refractivity contribution is 0.455. The molecule has 1 saturated heterocycles. The highest BCUT2D eigenvalue weighted by molar-refractivity contribution is 7.97. The second-order valence-corrected chi connectivity index (χ2v) is 6.99. The first-order chi connectivity index (χ1) is 8.74. The van der Waals surface area contributed by atoms with Gasteiger partial charge in [0.15, 0.2) is 0 Å². The van der Waals surface area contributed by atoms with E-state index in [9.17, 15) is 0 Å². The van der Waals surface area contributed by atoms with Gasteiger partial charge in [-0.1, -0.05) is 49.1 Å². The molecule has 102 valence electrons. The van der Waals surface area contributed by atoms with E-state index in [-0.39, 0.29) is 0 Å². The summed E-state index contributed by atoms with van der Waals surface area (Å²) in [6.07, 6.45) is 12.4. The van der Waals surface area contributed by atoms with Gasteiger partial charge in [0.05, 0.1) is 0 Å². The second-order valence-electron chi connectivity index (χ2n) is 5.66. The number of rotatable bonds is 4. The number of hydrogen-bond donors (Lipinski definition) is 0. The Morgan fingerprint density at radius 1 is 1.44 bits per heavy atom. The molecule has 0 bridgehead atoms. The fraction of sp³-hybridized carbons (Fsp3) is 0.750. The molecule has 0 spiro atoms. The Labute approximate surface area is 117 Å². The molecular formula is C16H27NS. The summed E-state index contributed by atoms with van der Waals surface area (Å²) in [5.41, 5.74) is 1.59. The van der Waals surface area contributed by atoms with E-state index in [2.05, 4.69) is 55.3 Å². The summed E-state index contributed by atoms with van der Waals surface area (Å²) in [6, 6.07) is 0. The highest BCUT2D eigenvalue weighted by atomic mass is 32.2. The third-order valence-electron chi connectivity index (χ3n) is 4.47. The van der Waals surface area contributed by atoms with E-state index in [1.807, 2.05) is 0 Å². The molecule has 0 N–H and O–H groups in total. The van der Waals surface area contributed by atoms with Crippen molar-refractivity contribution in [1.82, 2.24) is 4.31 Å². The van der Waals surface area contributed by atoms with E-state index in [4.69, 9.17) is 0 Å². The lowest BCUT2D eigenvalue weighted by Crippen LogP contribution is -2.18.